The Morgan fingerprint density at radius 1 is 0.312 bits per heavy atom. The smallest absolute Gasteiger partial charge is 0.198 e. The summed E-state index contributed by atoms with van der Waals surface area (Å²) in [7, 11) is 0. The lowest BCUT2D eigenvalue weighted by molar-refractivity contribution is -0.136. The summed E-state index contributed by atoms with van der Waals surface area (Å²) in [5, 5.41) is 0. The van der Waals surface area contributed by atoms with Gasteiger partial charge in [0.15, 0.2) is 11.6 Å². The van der Waals surface area contributed by atoms with E-state index >= 15 is 0 Å². The van der Waals surface area contributed by atoms with Crippen molar-refractivity contribution in [1.82, 2.24) is 0 Å². The molecular weight excluding hydrogens is 392 g/mol. The maximum atomic E-state index is 12.0. The Morgan fingerprint density at radius 2 is 0.500 bits per heavy atom. The lowest BCUT2D eigenvalue weighted by atomic mass is 10.0. The highest BCUT2D eigenvalue weighted by Gasteiger charge is 2.12. The molecule has 0 amide bonds. The van der Waals surface area contributed by atoms with Crippen molar-refractivity contribution in [2.45, 2.75) is 181 Å². The predicted molar refractivity (Wildman–Crippen MR) is 141 cm³/mol. The highest BCUT2D eigenvalue weighted by molar-refractivity contribution is 6.37. The molecule has 0 N–H and O–H groups in total. The average Bonchev–Trinajstić information content (AvgIpc) is 2.80. The molecule has 0 bridgehead atoms. The number of hydrogen-bond donors (Lipinski definition) is 0. The Morgan fingerprint density at radius 3 is 0.719 bits per heavy atom. The van der Waals surface area contributed by atoms with Crippen molar-refractivity contribution in [1.29, 1.82) is 0 Å². The van der Waals surface area contributed by atoms with Crippen LogP contribution >= 0.6 is 0 Å². The van der Waals surface area contributed by atoms with Gasteiger partial charge < -0.3 is 0 Å². The fourth-order valence-electron chi connectivity index (χ4n) is 4.53. The number of Topliss-reactive ketones (excluding diaryl/α,β-unsaturated/α-hetero) is 2. The standard InChI is InChI=1S/C30H58O2/c1-3-5-7-9-11-13-15-16-18-20-22-24-26-28-30(32)29(31)27-25-23-21-19-17-14-12-10-8-6-4-2/h3-28H2,1-2H3. The van der Waals surface area contributed by atoms with Crippen molar-refractivity contribution in [2.75, 3.05) is 0 Å². The molecule has 0 spiro atoms. The zero-order chi connectivity index (χ0) is 23.5. The molecule has 0 saturated carbocycles. The zero-order valence-corrected chi connectivity index (χ0v) is 22.2. The summed E-state index contributed by atoms with van der Waals surface area (Å²) in [6, 6.07) is 0. The number of unbranched alkanes of at least 4 members (excludes halogenated alkanes) is 22. The first kappa shape index (κ1) is 31.3. The van der Waals surface area contributed by atoms with Crippen LogP contribution in [-0.2, 0) is 9.59 Å². The minimum Gasteiger partial charge on any atom is -0.291 e. The Balaban J connectivity index is 3.30. The molecule has 0 radical (unpaired) electrons. The van der Waals surface area contributed by atoms with E-state index in [0.29, 0.717) is 12.8 Å². The first-order valence-electron chi connectivity index (χ1n) is 14.8. The van der Waals surface area contributed by atoms with Crippen LogP contribution in [0.2, 0.25) is 0 Å². The average molecular weight is 451 g/mol. The summed E-state index contributed by atoms with van der Waals surface area (Å²) in [5.74, 6) is -0.222. The Bertz CT molecular complexity index is 402. The van der Waals surface area contributed by atoms with E-state index in [2.05, 4.69) is 13.8 Å². The fraction of sp³-hybridized carbons (Fsp3) is 0.933. The number of rotatable bonds is 27. The van der Waals surface area contributed by atoms with Crippen molar-refractivity contribution in [3.05, 3.63) is 0 Å². The summed E-state index contributed by atoms with van der Waals surface area (Å²) >= 11 is 0. The van der Waals surface area contributed by atoms with Gasteiger partial charge in [-0.05, 0) is 12.8 Å². The van der Waals surface area contributed by atoms with E-state index in [0.717, 1.165) is 25.7 Å². The van der Waals surface area contributed by atoms with Crippen LogP contribution in [0.5, 0.6) is 0 Å². The highest BCUT2D eigenvalue weighted by Crippen LogP contribution is 2.14. The number of carbonyl (C=O) groups excluding carboxylic acids is 2. The van der Waals surface area contributed by atoms with Gasteiger partial charge in [-0.25, -0.2) is 0 Å². The number of hydrogen-bond acceptors (Lipinski definition) is 2. The van der Waals surface area contributed by atoms with Crippen LogP contribution in [0.1, 0.15) is 181 Å². The van der Waals surface area contributed by atoms with Crippen LogP contribution in [0.3, 0.4) is 0 Å². The first-order valence-corrected chi connectivity index (χ1v) is 14.8. The summed E-state index contributed by atoms with van der Waals surface area (Å²) in [5.41, 5.74) is 0. The Hall–Kier alpha value is -0.660. The third kappa shape index (κ3) is 24.0. The van der Waals surface area contributed by atoms with Gasteiger partial charge in [0.1, 0.15) is 0 Å². The minimum absolute atomic E-state index is 0.111. The normalized spacial score (nSPS) is 11.2. The van der Waals surface area contributed by atoms with E-state index in [1.54, 1.807) is 0 Å². The third-order valence-electron chi connectivity index (χ3n) is 6.83. The van der Waals surface area contributed by atoms with Crippen molar-refractivity contribution in [3.8, 4) is 0 Å². The first-order chi connectivity index (χ1) is 15.7. The molecule has 32 heavy (non-hydrogen) atoms. The van der Waals surface area contributed by atoms with Gasteiger partial charge in [-0.2, -0.15) is 0 Å². The number of carbonyl (C=O) groups is 2. The van der Waals surface area contributed by atoms with Crippen molar-refractivity contribution in [2.24, 2.45) is 0 Å². The molecule has 0 aromatic carbocycles. The fourth-order valence-corrected chi connectivity index (χ4v) is 4.53. The minimum atomic E-state index is -0.111. The predicted octanol–water partition coefficient (Wildman–Crippen LogP) is 10.3. The molecule has 2 heteroatoms. The topological polar surface area (TPSA) is 34.1 Å². The van der Waals surface area contributed by atoms with Crippen molar-refractivity contribution >= 4 is 11.6 Å². The summed E-state index contributed by atoms with van der Waals surface area (Å²) in [4.78, 5) is 24.0. The van der Waals surface area contributed by atoms with E-state index < -0.39 is 0 Å². The second-order valence-corrected chi connectivity index (χ2v) is 10.1. The van der Waals surface area contributed by atoms with Gasteiger partial charge in [0.05, 0.1) is 0 Å². The van der Waals surface area contributed by atoms with E-state index in [9.17, 15) is 9.59 Å². The number of ketones is 2. The monoisotopic (exact) mass is 450 g/mol. The maximum absolute atomic E-state index is 12.0. The third-order valence-corrected chi connectivity index (χ3v) is 6.83. The molecule has 0 aliphatic carbocycles. The second-order valence-electron chi connectivity index (χ2n) is 10.1. The molecule has 2 nitrogen and oxygen atoms in total. The summed E-state index contributed by atoms with van der Waals surface area (Å²) in [6.07, 6.45) is 32.0. The maximum Gasteiger partial charge on any atom is 0.198 e. The zero-order valence-electron chi connectivity index (χ0n) is 22.2. The molecule has 190 valence electrons. The molecule has 0 aliphatic heterocycles. The van der Waals surface area contributed by atoms with Crippen LogP contribution in [0.4, 0.5) is 0 Å². The lowest BCUT2D eigenvalue weighted by Gasteiger charge is -2.04. The van der Waals surface area contributed by atoms with Gasteiger partial charge in [-0.3, -0.25) is 9.59 Å². The quantitative estimate of drug-likeness (QED) is 0.0921. The van der Waals surface area contributed by atoms with Gasteiger partial charge in [-0.15, -0.1) is 0 Å². The molecule has 0 aromatic rings. The van der Waals surface area contributed by atoms with Crippen molar-refractivity contribution in [3.63, 3.8) is 0 Å². The molecule has 0 heterocycles. The van der Waals surface area contributed by atoms with E-state index in [1.165, 1.54) is 128 Å². The lowest BCUT2D eigenvalue weighted by Crippen LogP contribution is -2.13. The van der Waals surface area contributed by atoms with Gasteiger partial charge in [0.25, 0.3) is 0 Å². The van der Waals surface area contributed by atoms with Gasteiger partial charge >= 0.3 is 0 Å². The molecule has 0 unspecified atom stereocenters. The Labute approximate surface area is 202 Å². The second kappa shape index (κ2) is 26.6. The van der Waals surface area contributed by atoms with Gasteiger partial charge in [-0.1, -0.05) is 155 Å². The van der Waals surface area contributed by atoms with Crippen LogP contribution in [0.15, 0.2) is 0 Å². The molecule has 0 fully saturated rings. The molecule has 0 aromatic heterocycles. The molecular formula is C30H58O2. The van der Waals surface area contributed by atoms with Gasteiger partial charge in [0, 0.05) is 12.8 Å². The van der Waals surface area contributed by atoms with E-state index in [1.807, 2.05) is 0 Å². The molecule has 0 rings (SSSR count). The molecule has 0 atom stereocenters. The van der Waals surface area contributed by atoms with Crippen LogP contribution < -0.4 is 0 Å². The largest absolute Gasteiger partial charge is 0.291 e. The SMILES string of the molecule is CCCCCCCCCCCCCCCC(=O)C(=O)CCCCCCCCCCCCC. The summed E-state index contributed by atoms with van der Waals surface area (Å²) in [6.45, 7) is 4.53. The van der Waals surface area contributed by atoms with Crippen molar-refractivity contribution < 1.29 is 9.59 Å². The van der Waals surface area contributed by atoms with E-state index in [4.69, 9.17) is 0 Å². The van der Waals surface area contributed by atoms with Crippen LogP contribution in [0, 0.1) is 0 Å². The molecule has 0 aliphatic rings. The summed E-state index contributed by atoms with van der Waals surface area (Å²) < 4.78 is 0. The van der Waals surface area contributed by atoms with Crippen LogP contribution in [0.25, 0.3) is 0 Å². The molecule has 0 saturated heterocycles. The Kier molecular flexibility index (Phi) is 26.0. The van der Waals surface area contributed by atoms with E-state index in [-0.39, 0.29) is 11.6 Å². The van der Waals surface area contributed by atoms with Gasteiger partial charge in [0.2, 0.25) is 0 Å². The van der Waals surface area contributed by atoms with Crippen LogP contribution in [-0.4, -0.2) is 11.6 Å². The highest BCUT2D eigenvalue weighted by atomic mass is 16.2.